The molecule has 5 nitrogen and oxygen atoms in total. The van der Waals surface area contributed by atoms with Gasteiger partial charge in [0.1, 0.15) is 0 Å². The van der Waals surface area contributed by atoms with Gasteiger partial charge in [-0.1, -0.05) is 93.6 Å². The third-order valence-electron chi connectivity index (χ3n) is 6.25. The van der Waals surface area contributed by atoms with Gasteiger partial charge < -0.3 is 18.6 Å². The molecule has 0 saturated carbocycles. The van der Waals surface area contributed by atoms with Gasteiger partial charge in [0.05, 0.1) is 33.5 Å². The molecule has 34 heavy (non-hydrogen) atoms. The molecule has 0 bridgehead atoms. The Balaban J connectivity index is 2.11. The van der Waals surface area contributed by atoms with Gasteiger partial charge in [0.2, 0.25) is 0 Å². The Labute approximate surface area is 206 Å². The molecule has 0 N–H and O–H groups in total. The summed E-state index contributed by atoms with van der Waals surface area (Å²) in [5.74, 6) is -0.734. The van der Waals surface area contributed by atoms with Crippen molar-refractivity contribution in [2.24, 2.45) is 5.92 Å². The van der Waals surface area contributed by atoms with Crippen molar-refractivity contribution in [2.75, 3.05) is 20.3 Å². The molecule has 0 unspecified atom stereocenters. The van der Waals surface area contributed by atoms with Crippen LogP contribution in [0, 0.1) is 5.92 Å². The SMILES string of the molecule is COC(=O)[C@@H](OCc1ccccc1)[C@@H](/C=C/CO[Si](C)(C)C(C)(C)C)COCc1ccccc1. The molecular formula is C28H40O5Si. The Morgan fingerprint density at radius 1 is 0.941 bits per heavy atom. The van der Waals surface area contributed by atoms with Crippen LogP contribution in [0.15, 0.2) is 72.8 Å². The smallest absolute Gasteiger partial charge is 0.335 e. The molecule has 0 spiro atoms. The minimum absolute atomic E-state index is 0.131. The van der Waals surface area contributed by atoms with Crippen LogP contribution in [0.25, 0.3) is 0 Å². The first kappa shape index (κ1) is 28.0. The number of esters is 1. The molecule has 186 valence electrons. The first-order chi connectivity index (χ1) is 16.1. The van der Waals surface area contributed by atoms with Crippen molar-refractivity contribution in [3.05, 3.63) is 83.9 Å². The zero-order valence-electron chi connectivity index (χ0n) is 21.5. The Bertz CT molecular complexity index is 875. The predicted molar refractivity (Wildman–Crippen MR) is 139 cm³/mol. The van der Waals surface area contributed by atoms with Crippen LogP contribution in [0.1, 0.15) is 31.9 Å². The fourth-order valence-electron chi connectivity index (χ4n) is 3.08. The first-order valence-electron chi connectivity index (χ1n) is 11.8. The van der Waals surface area contributed by atoms with Gasteiger partial charge in [-0.25, -0.2) is 4.79 Å². The summed E-state index contributed by atoms with van der Waals surface area (Å²) >= 11 is 0. The van der Waals surface area contributed by atoms with E-state index in [4.69, 9.17) is 18.6 Å². The highest BCUT2D eigenvalue weighted by atomic mass is 28.4. The first-order valence-corrected chi connectivity index (χ1v) is 14.7. The molecular weight excluding hydrogens is 444 g/mol. The van der Waals surface area contributed by atoms with E-state index in [9.17, 15) is 4.79 Å². The van der Waals surface area contributed by atoms with E-state index in [1.807, 2.05) is 72.8 Å². The van der Waals surface area contributed by atoms with Gasteiger partial charge in [0, 0.05) is 5.92 Å². The Hall–Kier alpha value is -2.25. The fourth-order valence-corrected chi connectivity index (χ4v) is 4.02. The standard InChI is InChI=1S/C28H40O5Si/c1-28(2,3)34(5,6)33-19-13-18-25(22-31-20-23-14-9-7-10-15-23)26(27(29)30-4)32-21-24-16-11-8-12-17-24/h7-18,25-26H,19-22H2,1-6H3/b18-13+/t25-,26-/m0/s1. The van der Waals surface area contributed by atoms with Crippen LogP contribution in [0.4, 0.5) is 0 Å². The molecule has 2 aromatic carbocycles. The van der Waals surface area contributed by atoms with Crippen LogP contribution in [-0.2, 0) is 36.6 Å². The van der Waals surface area contributed by atoms with E-state index < -0.39 is 20.4 Å². The number of ether oxygens (including phenoxy) is 3. The lowest BCUT2D eigenvalue weighted by Gasteiger charge is -2.35. The summed E-state index contributed by atoms with van der Waals surface area (Å²) in [5, 5.41) is 0.131. The molecule has 0 heterocycles. The third-order valence-corrected chi connectivity index (χ3v) is 10.7. The molecule has 0 aromatic heterocycles. The van der Waals surface area contributed by atoms with E-state index in [2.05, 4.69) is 33.9 Å². The molecule has 0 saturated heterocycles. The fraction of sp³-hybridized carbons (Fsp3) is 0.464. The van der Waals surface area contributed by atoms with Gasteiger partial charge in [-0.15, -0.1) is 0 Å². The predicted octanol–water partition coefficient (Wildman–Crippen LogP) is 6.16. The zero-order chi connectivity index (χ0) is 25.0. The number of hydrogen-bond donors (Lipinski definition) is 0. The van der Waals surface area contributed by atoms with E-state index in [-0.39, 0.29) is 11.0 Å². The van der Waals surface area contributed by atoms with Crippen molar-refractivity contribution in [1.29, 1.82) is 0 Å². The maximum Gasteiger partial charge on any atom is 0.335 e. The van der Waals surface area contributed by atoms with Gasteiger partial charge in [-0.3, -0.25) is 0 Å². The number of carbonyl (C=O) groups is 1. The molecule has 0 radical (unpaired) electrons. The summed E-state index contributed by atoms with van der Waals surface area (Å²) in [4.78, 5) is 12.7. The van der Waals surface area contributed by atoms with Crippen molar-refractivity contribution in [3.8, 4) is 0 Å². The Morgan fingerprint density at radius 3 is 2.03 bits per heavy atom. The second kappa shape index (κ2) is 13.6. The minimum Gasteiger partial charge on any atom is -0.467 e. The third kappa shape index (κ3) is 9.18. The second-order valence-corrected chi connectivity index (χ2v) is 14.7. The average molecular weight is 485 g/mol. The quantitative estimate of drug-likeness (QED) is 0.194. The van der Waals surface area contributed by atoms with Crippen LogP contribution in [-0.4, -0.2) is 40.7 Å². The molecule has 2 atom stereocenters. The van der Waals surface area contributed by atoms with Crippen molar-refractivity contribution in [2.45, 2.75) is 58.2 Å². The maximum absolute atomic E-state index is 12.7. The molecule has 6 heteroatoms. The van der Waals surface area contributed by atoms with E-state index in [0.717, 1.165) is 11.1 Å². The van der Waals surface area contributed by atoms with E-state index in [1.54, 1.807) is 0 Å². The molecule has 0 amide bonds. The largest absolute Gasteiger partial charge is 0.467 e. The summed E-state index contributed by atoms with van der Waals surface area (Å²) < 4.78 is 23.4. The number of carbonyl (C=O) groups excluding carboxylic acids is 1. The van der Waals surface area contributed by atoms with Crippen LogP contribution in [0.5, 0.6) is 0 Å². The molecule has 2 rings (SSSR count). The van der Waals surface area contributed by atoms with Crippen LogP contribution in [0.3, 0.4) is 0 Å². The van der Waals surface area contributed by atoms with Gasteiger partial charge in [0.25, 0.3) is 0 Å². The summed E-state index contributed by atoms with van der Waals surface area (Å²) in [6, 6.07) is 19.8. The van der Waals surface area contributed by atoms with Crippen LogP contribution in [0.2, 0.25) is 18.1 Å². The summed E-state index contributed by atoms with van der Waals surface area (Å²) in [6.07, 6.45) is 3.15. The lowest BCUT2D eigenvalue weighted by Crippen LogP contribution is -2.40. The number of methoxy groups -OCH3 is 1. The van der Waals surface area contributed by atoms with E-state index in [1.165, 1.54) is 7.11 Å². The molecule has 0 aliphatic carbocycles. The van der Waals surface area contributed by atoms with E-state index >= 15 is 0 Å². The van der Waals surface area contributed by atoms with Crippen LogP contribution >= 0.6 is 0 Å². The molecule has 2 aromatic rings. The Morgan fingerprint density at radius 2 is 1.50 bits per heavy atom. The van der Waals surface area contributed by atoms with Crippen molar-refractivity contribution in [3.63, 3.8) is 0 Å². The summed E-state index contributed by atoms with van der Waals surface area (Å²) in [6.45, 7) is 12.7. The molecule has 0 aliphatic heterocycles. The highest BCUT2D eigenvalue weighted by Crippen LogP contribution is 2.36. The molecule has 0 fully saturated rings. The highest BCUT2D eigenvalue weighted by Gasteiger charge is 2.36. The normalized spacial score (nSPS) is 14.2. The van der Waals surface area contributed by atoms with Gasteiger partial charge in [0.15, 0.2) is 14.4 Å². The monoisotopic (exact) mass is 484 g/mol. The highest BCUT2D eigenvalue weighted by molar-refractivity contribution is 6.74. The number of benzene rings is 2. The zero-order valence-corrected chi connectivity index (χ0v) is 22.5. The lowest BCUT2D eigenvalue weighted by molar-refractivity contribution is -0.159. The lowest BCUT2D eigenvalue weighted by atomic mass is 10.0. The van der Waals surface area contributed by atoms with E-state index in [0.29, 0.717) is 26.4 Å². The summed E-state index contributed by atoms with van der Waals surface area (Å²) in [5.41, 5.74) is 2.07. The maximum atomic E-state index is 12.7. The summed E-state index contributed by atoms with van der Waals surface area (Å²) in [7, 11) is -0.485. The Kier molecular flexibility index (Phi) is 11.2. The number of rotatable bonds is 13. The van der Waals surface area contributed by atoms with Crippen LogP contribution < -0.4 is 0 Å². The topological polar surface area (TPSA) is 54.0 Å². The van der Waals surface area contributed by atoms with Gasteiger partial charge in [-0.2, -0.15) is 0 Å². The van der Waals surface area contributed by atoms with Crippen molar-refractivity contribution >= 4 is 14.3 Å². The van der Waals surface area contributed by atoms with Crippen molar-refractivity contribution < 1.29 is 23.4 Å². The minimum atomic E-state index is -1.87. The second-order valence-electron chi connectivity index (χ2n) is 9.90. The average Bonchev–Trinajstić information content (AvgIpc) is 2.81. The molecule has 0 aliphatic rings. The van der Waals surface area contributed by atoms with Gasteiger partial charge >= 0.3 is 5.97 Å². The van der Waals surface area contributed by atoms with Gasteiger partial charge in [-0.05, 0) is 29.3 Å². The van der Waals surface area contributed by atoms with Crippen molar-refractivity contribution in [1.82, 2.24) is 0 Å². The number of hydrogen-bond acceptors (Lipinski definition) is 5.